The molecule has 4 heteroatoms. The summed E-state index contributed by atoms with van der Waals surface area (Å²) in [5.41, 5.74) is 8.20. The Bertz CT molecular complexity index is 442. The van der Waals surface area contributed by atoms with Crippen molar-refractivity contribution < 1.29 is 9.53 Å². The Balaban J connectivity index is 1.91. The van der Waals surface area contributed by atoms with Crippen molar-refractivity contribution in [2.45, 2.75) is 45.3 Å². The quantitative estimate of drug-likeness (QED) is 0.802. The summed E-state index contributed by atoms with van der Waals surface area (Å²) < 4.78 is 5.70. The Morgan fingerprint density at radius 3 is 2.80 bits per heavy atom. The zero-order valence-electron chi connectivity index (χ0n) is 12.1. The van der Waals surface area contributed by atoms with Crippen molar-refractivity contribution in [1.29, 1.82) is 0 Å². The fourth-order valence-electron chi connectivity index (χ4n) is 2.63. The molecule has 1 N–H and O–H groups in total. The van der Waals surface area contributed by atoms with Crippen molar-refractivity contribution in [3.63, 3.8) is 0 Å². The van der Waals surface area contributed by atoms with Crippen LogP contribution in [0.3, 0.4) is 0 Å². The van der Waals surface area contributed by atoms with Crippen LogP contribution in [-0.2, 0) is 11.3 Å². The van der Waals surface area contributed by atoms with E-state index in [-0.39, 0.29) is 12.5 Å². The van der Waals surface area contributed by atoms with Crippen LogP contribution >= 0.6 is 0 Å². The summed E-state index contributed by atoms with van der Waals surface area (Å²) in [5.74, 6) is 0.204. The van der Waals surface area contributed by atoms with Crippen LogP contribution in [0.15, 0.2) is 24.3 Å². The van der Waals surface area contributed by atoms with Crippen LogP contribution in [0.25, 0.3) is 0 Å². The van der Waals surface area contributed by atoms with Gasteiger partial charge in [0.15, 0.2) is 0 Å². The minimum Gasteiger partial charge on any atom is -0.490 e. The number of hydrogen-bond acceptors (Lipinski definition) is 3. The minimum absolute atomic E-state index is 0.135. The van der Waals surface area contributed by atoms with E-state index >= 15 is 0 Å². The van der Waals surface area contributed by atoms with Crippen LogP contribution in [0.2, 0.25) is 0 Å². The lowest BCUT2D eigenvalue weighted by molar-refractivity contribution is -0.120. The minimum atomic E-state index is -0.582. The molecule has 2 rings (SSSR count). The molecule has 1 aromatic rings. The molecular weight excluding hydrogens is 252 g/mol. The molecule has 0 aromatic heterocycles. The molecule has 1 amide bonds. The fraction of sp³-hybridized carbons (Fsp3) is 0.562. The summed E-state index contributed by atoms with van der Waals surface area (Å²) in [6.07, 6.45) is 3.82. The van der Waals surface area contributed by atoms with E-state index in [4.69, 9.17) is 10.5 Å². The summed E-state index contributed by atoms with van der Waals surface area (Å²) in [4.78, 5) is 13.2. The van der Waals surface area contributed by atoms with E-state index in [0.29, 0.717) is 0 Å². The van der Waals surface area contributed by atoms with E-state index in [1.165, 1.54) is 37.9 Å². The average Bonchev–Trinajstić information content (AvgIpc) is 2.39. The summed E-state index contributed by atoms with van der Waals surface area (Å²) in [6, 6.07) is 8.05. The van der Waals surface area contributed by atoms with Gasteiger partial charge in [-0.3, -0.25) is 15.4 Å². The summed E-state index contributed by atoms with van der Waals surface area (Å²) in [5, 5.41) is 0. The lowest BCUT2D eigenvalue weighted by atomic mass is 10.1. The maximum Gasteiger partial charge on any atom is 0.242 e. The van der Waals surface area contributed by atoms with Crippen molar-refractivity contribution in [3.05, 3.63) is 29.8 Å². The first-order chi connectivity index (χ1) is 9.63. The number of benzene rings is 1. The monoisotopic (exact) mass is 275 g/mol. The lowest BCUT2D eigenvalue weighted by Crippen LogP contribution is -2.29. The summed E-state index contributed by atoms with van der Waals surface area (Å²) >= 11 is 0. The maximum absolute atomic E-state index is 10.8. The standard InChI is InChI=1S/C16H23N2O2/c1-13(10-16(17)19)20-15-7-5-6-14(11-15)12-18-8-3-2-4-9-18/h5-7,11,13,17H,2-4,8-10,12H2,1H3. The lowest BCUT2D eigenvalue weighted by Gasteiger charge is -2.26. The van der Waals surface area contributed by atoms with E-state index < -0.39 is 5.91 Å². The number of carbonyl (C=O) groups excluding carboxylic acids is 1. The van der Waals surface area contributed by atoms with Crippen LogP contribution in [0.1, 0.15) is 38.2 Å². The van der Waals surface area contributed by atoms with Gasteiger partial charge in [-0.05, 0) is 50.6 Å². The molecule has 1 fully saturated rings. The first-order valence-electron chi connectivity index (χ1n) is 7.36. The maximum atomic E-state index is 10.8. The van der Waals surface area contributed by atoms with Crippen molar-refractivity contribution in [2.75, 3.05) is 13.1 Å². The number of ether oxygens (including phenoxy) is 1. The highest BCUT2D eigenvalue weighted by atomic mass is 16.5. The third-order valence-corrected chi connectivity index (χ3v) is 3.56. The van der Waals surface area contributed by atoms with Gasteiger partial charge in [0.05, 0.1) is 6.42 Å². The van der Waals surface area contributed by atoms with E-state index in [9.17, 15) is 4.79 Å². The molecule has 1 heterocycles. The van der Waals surface area contributed by atoms with Crippen LogP contribution in [-0.4, -0.2) is 30.0 Å². The predicted molar refractivity (Wildman–Crippen MR) is 78.4 cm³/mol. The van der Waals surface area contributed by atoms with E-state index in [1.807, 2.05) is 25.1 Å². The van der Waals surface area contributed by atoms with Crippen molar-refractivity contribution in [1.82, 2.24) is 10.6 Å². The van der Waals surface area contributed by atoms with E-state index in [1.54, 1.807) is 0 Å². The summed E-state index contributed by atoms with van der Waals surface area (Å²) in [6.45, 7) is 5.14. The number of carbonyl (C=O) groups is 1. The van der Waals surface area contributed by atoms with Gasteiger partial charge in [-0.1, -0.05) is 18.6 Å². The molecule has 1 aliphatic heterocycles. The molecule has 1 aliphatic rings. The Morgan fingerprint density at radius 2 is 2.10 bits per heavy atom. The highest BCUT2D eigenvalue weighted by Crippen LogP contribution is 2.19. The topological polar surface area (TPSA) is 53.3 Å². The predicted octanol–water partition coefficient (Wildman–Crippen LogP) is 2.64. The van der Waals surface area contributed by atoms with E-state index in [0.717, 1.165) is 12.3 Å². The van der Waals surface area contributed by atoms with Crippen molar-refractivity contribution >= 4 is 5.91 Å². The molecule has 1 atom stereocenters. The van der Waals surface area contributed by atoms with Crippen LogP contribution in [0.5, 0.6) is 5.75 Å². The SMILES string of the molecule is CC(CC([NH])=O)Oc1cccc(CN2CCCCC2)c1. The van der Waals surface area contributed by atoms with Crippen LogP contribution in [0, 0.1) is 0 Å². The molecule has 1 aromatic carbocycles. The molecule has 1 saturated heterocycles. The fourth-order valence-corrected chi connectivity index (χ4v) is 2.63. The molecule has 0 saturated carbocycles. The largest absolute Gasteiger partial charge is 0.490 e. The molecule has 1 unspecified atom stereocenters. The number of piperidine rings is 1. The highest BCUT2D eigenvalue weighted by molar-refractivity contribution is 5.73. The molecule has 0 aliphatic carbocycles. The number of nitrogens with one attached hydrogen (secondary N) is 1. The third-order valence-electron chi connectivity index (χ3n) is 3.56. The molecule has 0 spiro atoms. The van der Waals surface area contributed by atoms with Gasteiger partial charge in [0.2, 0.25) is 5.91 Å². The van der Waals surface area contributed by atoms with Gasteiger partial charge in [0.25, 0.3) is 0 Å². The molecule has 4 nitrogen and oxygen atoms in total. The zero-order chi connectivity index (χ0) is 14.4. The number of nitrogens with zero attached hydrogens (tertiary/aromatic N) is 1. The van der Waals surface area contributed by atoms with Gasteiger partial charge in [-0.15, -0.1) is 0 Å². The van der Waals surface area contributed by atoms with Crippen LogP contribution in [0.4, 0.5) is 0 Å². The Hall–Kier alpha value is -1.55. The second-order valence-corrected chi connectivity index (χ2v) is 5.54. The normalized spacial score (nSPS) is 17.6. The number of hydrogen-bond donors (Lipinski definition) is 0. The average molecular weight is 275 g/mol. The van der Waals surface area contributed by atoms with Crippen molar-refractivity contribution in [3.8, 4) is 5.75 Å². The van der Waals surface area contributed by atoms with Gasteiger partial charge in [-0.2, -0.15) is 0 Å². The molecule has 0 bridgehead atoms. The Kier molecular flexibility index (Phi) is 5.41. The van der Waals surface area contributed by atoms with Gasteiger partial charge >= 0.3 is 0 Å². The second-order valence-electron chi connectivity index (χ2n) is 5.54. The highest BCUT2D eigenvalue weighted by Gasteiger charge is 2.12. The number of likely N-dealkylation sites (tertiary alicyclic amines) is 1. The number of amides is 1. The smallest absolute Gasteiger partial charge is 0.242 e. The molecular formula is C16H23N2O2. The van der Waals surface area contributed by atoms with Gasteiger partial charge < -0.3 is 4.74 Å². The number of rotatable bonds is 6. The summed E-state index contributed by atoms with van der Waals surface area (Å²) in [7, 11) is 0. The van der Waals surface area contributed by atoms with E-state index in [2.05, 4.69) is 11.0 Å². The molecule has 1 radical (unpaired) electrons. The third kappa shape index (κ3) is 4.85. The molecule has 20 heavy (non-hydrogen) atoms. The first-order valence-corrected chi connectivity index (χ1v) is 7.36. The second kappa shape index (κ2) is 7.29. The van der Waals surface area contributed by atoms with Gasteiger partial charge in [-0.25, -0.2) is 0 Å². The van der Waals surface area contributed by atoms with Crippen molar-refractivity contribution in [2.24, 2.45) is 0 Å². The molecule has 109 valence electrons. The Morgan fingerprint density at radius 1 is 1.35 bits per heavy atom. The zero-order valence-corrected chi connectivity index (χ0v) is 12.1. The van der Waals surface area contributed by atoms with Crippen LogP contribution < -0.4 is 10.5 Å². The first kappa shape index (κ1) is 14.9. The Labute approximate surface area is 120 Å². The van der Waals surface area contributed by atoms with Gasteiger partial charge in [0.1, 0.15) is 11.9 Å². The van der Waals surface area contributed by atoms with Gasteiger partial charge in [0, 0.05) is 6.54 Å².